The van der Waals surface area contributed by atoms with Gasteiger partial charge in [0.2, 0.25) is 0 Å². The first-order valence-corrected chi connectivity index (χ1v) is 5.90. The minimum atomic E-state index is -0.456. The maximum absolute atomic E-state index is 11.7. The Bertz CT molecular complexity index is 638. The van der Waals surface area contributed by atoms with Gasteiger partial charge in [0.05, 0.1) is 22.6 Å². The summed E-state index contributed by atoms with van der Waals surface area (Å²) >= 11 is 8.92. The van der Waals surface area contributed by atoms with Gasteiger partial charge >= 0.3 is 0 Å². The van der Waals surface area contributed by atoms with E-state index in [2.05, 4.69) is 36.2 Å². The second-order valence-corrected chi connectivity index (χ2v) is 4.46. The monoisotopic (exact) mass is 328 g/mol. The molecule has 0 unspecified atom stereocenters. The van der Waals surface area contributed by atoms with Crippen molar-refractivity contribution in [2.24, 2.45) is 0 Å². The van der Waals surface area contributed by atoms with Crippen LogP contribution < -0.4 is 10.9 Å². The van der Waals surface area contributed by atoms with Gasteiger partial charge in [0, 0.05) is 6.20 Å². The number of nitrogens with one attached hydrogen (secondary N) is 2. The summed E-state index contributed by atoms with van der Waals surface area (Å²) in [6.45, 7) is 0. The van der Waals surface area contributed by atoms with E-state index in [0.29, 0.717) is 15.3 Å². The van der Waals surface area contributed by atoms with Crippen LogP contribution in [0.3, 0.4) is 0 Å². The number of hydrogen-bond acceptors (Lipinski definition) is 4. The van der Waals surface area contributed by atoms with Crippen LogP contribution in [0, 0.1) is 0 Å². The van der Waals surface area contributed by atoms with Gasteiger partial charge in [-0.3, -0.25) is 9.59 Å². The van der Waals surface area contributed by atoms with Gasteiger partial charge in [0.25, 0.3) is 11.5 Å². The molecule has 0 atom stereocenters. The number of carbonyl (C=O) groups excluding carboxylic acids is 1. The van der Waals surface area contributed by atoms with Crippen molar-refractivity contribution in [3.05, 3.63) is 50.3 Å². The third-order valence-electron chi connectivity index (χ3n) is 1.96. The fraction of sp³-hybridized carbons (Fsp3) is 0. The highest BCUT2D eigenvalue weighted by atomic mass is 79.9. The fourth-order valence-electron chi connectivity index (χ4n) is 1.15. The molecule has 0 aliphatic heterocycles. The summed E-state index contributed by atoms with van der Waals surface area (Å²) in [5, 5.41) is 2.87. The van der Waals surface area contributed by atoms with Gasteiger partial charge in [-0.15, -0.1) is 0 Å². The van der Waals surface area contributed by atoms with Crippen LogP contribution in [-0.4, -0.2) is 20.9 Å². The molecule has 2 aromatic rings. The lowest BCUT2D eigenvalue weighted by molar-refractivity contribution is 0.102. The van der Waals surface area contributed by atoms with Crippen molar-refractivity contribution in [3.63, 3.8) is 0 Å². The lowest BCUT2D eigenvalue weighted by Crippen LogP contribution is -2.17. The Balaban J connectivity index is 2.18. The number of anilines is 1. The fourth-order valence-corrected chi connectivity index (χ4v) is 1.60. The standard InChI is InChI=1S/C10H6BrClN4O2/c11-6-1-5(2-15-9(6)12)16-10(18)7-3-14-8(17)4-13-7/h1-4H,(H,14,17)(H,16,18). The summed E-state index contributed by atoms with van der Waals surface area (Å²) in [4.78, 5) is 32.5. The maximum atomic E-state index is 11.7. The molecule has 0 aliphatic carbocycles. The second kappa shape index (κ2) is 5.28. The van der Waals surface area contributed by atoms with Crippen LogP contribution in [0.2, 0.25) is 5.15 Å². The van der Waals surface area contributed by atoms with E-state index >= 15 is 0 Å². The van der Waals surface area contributed by atoms with Gasteiger partial charge in [-0.25, -0.2) is 9.97 Å². The number of aromatic nitrogens is 3. The molecule has 0 radical (unpaired) electrons. The maximum Gasteiger partial charge on any atom is 0.275 e. The molecule has 0 aromatic carbocycles. The lowest BCUT2D eigenvalue weighted by atomic mass is 10.3. The van der Waals surface area contributed by atoms with E-state index in [1.165, 1.54) is 12.4 Å². The van der Waals surface area contributed by atoms with E-state index in [9.17, 15) is 9.59 Å². The second-order valence-electron chi connectivity index (χ2n) is 3.25. The molecule has 0 aliphatic rings. The van der Waals surface area contributed by atoms with Crippen molar-refractivity contribution in [3.8, 4) is 0 Å². The summed E-state index contributed by atoms with van der Waals surface area (Å²) in [5.74, 6) is -0.456. The Morgan fingerprint density at radius 2 is 2.17 bits per heavy atom. The number of rotatable bonds is 2. The number of carbonyl (C=O) groups is 1. The number of halogens is 2. The molecule has 0 fully saturated rings. The molecular weight excluding hydrogens is 323 g/mol. The molecule has 2 rings (SSSR count). The van der Waals surface area contributed by atoms with Gasteiger partial charge in [-0.2, -0.15) is 0 Å². The van der Waals surface area contributed by atoms with Gasteiger partial charge in [0.1, 0.15) is 10.8 Å². The molecule has 0 saturated heterocycles. The van der Waals surface area contributed by atoms with Gasteiger partial charge < -0.3 is 10.3 Å². The van der Waals surface area contributed by atoms with Gasteiger partial charge in [0.15, 0.2) is 0 Å². The summed E-state index contributed by atoms with van der Waals surface area (Å²) in [5.41, 5.74) is 0.187. The first-order chi connectivity index (χ1) is 8.56. The van der Waals surface area contributed by atoms with E-state index in [4.69, 9.17) is 11.6 Å². The zero-order valence-electron chi connectivity index (χ0n) is 8.78. The van der Waals surface area contributed by atoms with Crippen LogP contribution >= 0.6 is 27.5 Å². The molecule has 2 heterocycles. The predicted molar refractivity (Wildman–Crippen MR) is 69.8 cm³/mol. The SMILES string of the molecule is O=C(Nc1cnc(Cl)c(Br)c1)c1c[nH]c(=O)cn1. The van der Waals surface area contributed by atoms with Crippen LogP contribution in [0.4, 0.5) is 5.69 Å². The molecule has 18 heavy (non-hydrogen) atoms. The minimum Gasteiger partial charge on any atom is -0.325 e. The highest BCUT2D eigenvalue weighted by Crippen LogP contribution is 2.22. The highest BCUT2D eigenvalue weighted by molar-refractivity contribution is 9.10. The normalized spacial score (nSPS) is 10.1. The van der Waals surface area contributed by atoms with Crippen LogP contribution in [-0.2, 0) is 0 Å². The molecule has 0 spiro atoms. The lowest BCUT2D eigenvalue weighted by Gasteiger charge is -2.04. The molecule has 92 valence electrons. The van der Waals surface area contributed by atoms with E-state index in [-0.39, 0.29) is 11.3 Å². The van der Waals surface area contributed by atoms with Crippen molar-refractivity contribution >= 4 is 39.1 Å². The number of pyridine rings is 1. The van der Waals surface area contributed by atoms with Crippen molar-refractivity contribution in [1.82, 2.24) is 15.0 Å². The number of hydrogen-bond donors (Lipinski definition) is 2. The van der Waals surface area contributed by atoms with Gasteiger partial charge in [-0.1, -0.05) is 11.6 Å². The van der Waals surface area contributed by atoms with Crippen molar-refractivity contribution in [1.29, 1.82) is 0 Å². The van der Waals surface area contributed by atoms with E-state index in [1.54, 1.807) is 6.07 Å². The van der Waals surface area contributed by atoms with Crippen molar-refractivity contribution < 1.29 is 4.79 Å². The Morgan fingerprint density at radius 1 is 1.39 bits per heavy atom. The van der Waals surface area contributed by atoms with Crippen LogP contribution in [0.1, 0.15) is 10.5 Å². The minimum absolute atomic E-state index is 0.0978. The summed E-state index contributed by atoms with van der Waals surface area (Å²) in [6.07, 6.45) is 3.68. The number of amides is 1. The molecule has 1 amide bonds. The molecule has 0 bridgehead atoms. The first kappa shape index (κ1) is 12.7. The zero-order valence-corrected chi connectivity index (χ0v) is 11.1. The smallest absolute Gasteiger partial charge is 0.275 e. The Kier molecular flexibility index (Phi) is 3.73. The topological polar surface area (TPSA) is 87.7 Å². The van der Waals surface area contributed by atoms with E-state index < -0.39 is 5.91 Å². The molecule has 6 nitrogen and oxygen atoms in total. The largest absolute Gasteiger partial charge is 0.325 e. The Labute approximate surface area is 115 Å². The van der Waals surface area contributed by atoms with Crippen LogP contribution in [0.25, 0.3) is 0 Å². The average Bonchev–Trinajstić information content (AvgIpc) is 2.34. The number of aromatic amines is 1. The Morgan fingerprint density at radius 3 is 2.78 bits per heavy atom. The molecule has 0 saturated carbocycles. The number of nitrogens with zero attached hydrogens (tertiary/aromatic N) is 2. The first-order valence-electron chi connectivity index (χ1n) is 4.73. The predicted octanol–water partition coefficient (Wildman–Crippen LogP) is 1.83. The van der Waals surface area contributed by atoms with E-state index in [0.717, 1.165) is 6.20 Å². The summed E-state index contributed by atoms with van der Waals surface area (Å²) < 4.78 is 0.566. The van der Waals surface area contributed by atoms with E-state index in [1.807, 2.05) is 0 Å². The quantitative estimate of drug-likeness (QED) is 0.823. The molecule has 8 heteroatoms. The average molecular weight is 330 g/mol. The van der Waals surface area contributed by atoms with Crippen LogP contribution in [0.15, 0.2) is 33.9 Å². The molecule has 2 aromatic heterocycles. The van der Waals surface area contributed by atoms with Crippen LogP contribution in [0.5, 0.6) is 0 Å². The summed E-state index contributed by atoms with van der Waals surface area (Å²) in [6, 6.07) is 1.61. The Hall–Kier alpha value is -1.73. The number of H-pyrrole nitrogens is 1. The third-order valence-corrected chi connectivity index (χ3v) is 3.09. The molecule has 2 N–H and O–H groups in total. The summed E-state index contributed by atoms with van der Waals surface area (Å²) in [7, 11) is 0. The van der Waals surface area contributed by atoms with Crippen molar-refractivity contribution in [2.75, 3.05) is 5.32 Å². The molecular formula is C10H6BrClN4O2. The van der Waals surface area contributed by atoms with Gasteiger partial charge in [-0.05, 0) is 22.0 Å². The third kappa shape index (κ3) is 2.93. The zero-order chi connectivity index (χ0) is 13.1. The highest BCUT2D eigenvalue weighted by Gasteiger charge is 2.09. The van der Waals surface area contributed by atoms with Crippen molar-refractivity contribution in [2.45, 2.75) is 0 Å².